The molecule has 1 saturated heterocycles. The van der Waals surface area contributed by atoms with Crippen molar-refractivity contribution < 1.29 is 13.2 Å². The number of sulfonamides is 1. The van der Waals surface area contributed by atoms with E-state index in [9.17, 15) is 13.2 Å². The Balaban J connectivity index is 1.88. The highest BCUT2D eigenvalue weighted by Gasteiger charge is 2.30. The fraction of sp³-hybridized carbons (Fsp3) is 0.421. The predicted octanol–water partition coefficient (Wildman–Crippen LogP) is 3.50. The molecule has 0 aliphatic carbocycles. The minimum Gasteiger partial charge on any atom is -0.337 e. The largest absolute Gasteiger partial charge is 0.337 e. The number of thiophene rings is 1. The Morgan fingerprint density at radius 2 is 1.85 bits per heavy atom. The first-order valence-electron chi connectivity index (χ1n) is 8.79. The van der Waals surface area contributed by atoms with Crippen LogP contribution in [0.1, 0.15) is 40.1 Å². The summed E-state index contributed by atoms with van der Waals surface area (Å²) in [7, 11) is -1.94. The molecule has 2 aromatic rings. The van der Waals surface area contributed by atoms with Crippen molar-refractivity contribution in [2.45, 2.75) is 37.6 Å². The van der Waals surface area contributed by atoms with Gasteiger partial charge in [-0.3, -0.25) is 4.79 Å². The Morgan fingerprint density at radius 1 is 1.15 bits per heavy atom. The van der Waals surface area contributed by atoms with E-state index in [0.29, 0.717) is 19.6 Å². The number of amides is 1. The quantitative estimate of drug-likeness (QED) is 0.782. The first-order valence-corrected chi connectivity index (χ1v) is 11.1. The minimum atomic E-state index is -3.65. The highest BCUT2D eigenvalue weighted by Crippen LogP contribution is 2.25. The molecule has 0 saturated carbocycles. The second-order valence-electron chi connectivity index (χ2n) is 6.65. The smallest absolute Gasteiger partial charge is 0.255 e. The molecule has 0 atom stereocenters. The highest BCUT2D eigenvalue weighted by molar-refractivity contribution is 7.89. The molecule has 1 amide bonds. The summed E-state index contributed by atoms with van der Waals surface area (Å²) in [6.45, 7) is 3.53. The molecule has 0 radical (unpaired) electrons. The van der Waals surface area contributed by atoms with Crippen molar-refractivity contribution in [3.63, 3.8) is 0 Å². The van der Waals surface area contributed by atoms with Gasteiger partial charge in [0.2, 0.25) is 10.0 Å². The van der Waals surface area contributed by atoms with Crippen LogP contribution in [0, 0.1) is 6.92 Å². The number of piperidine rings is 1. The molecule has 0 unspecified atom stereocenters. The summed E-state index contributed by atoms with van der Waals surface area (Å²) in [4.78, 5) is 15.8. The predicted molar refractivity (Wildman–Crippen MR) is 104 cm³/mol. The zero-order chi connectivity index (χ0) is 18.7. The van der Waals surface area contributed by atoms with Crippen molar-refractivity contribution in [2.75, 3.05) is 20.1 Å². The lowest BCUT2D eigenvalue weighted by Crippen LogP contribution is -2.37. The molecule has 140 valence electrons. The molecule has 2 heterocycles. The molecule has 1 aromatic heterocycles. The fourth-order valence-corrected chi connectivity index (χ4v) is 5.83. The monoisotopic (exact) mass is 392 g/mol. The summed E-state index contributed by atoms with van der Waals surface area (Å²) < 4.78 is 27.6. The maximum atomic E-state index is 13.1. The van der Waals surface area contributed by atoms with Crippen LogP contribution >= 0.6 is 11.3 Å². The maximum absolute atomic E-state index is 13.1. The second kappa shape index (κ2) is 7.90. The van der Waals surface area contributed by atoms with Gasteiger partial charge >= 0.3 is 0 Å². The van der Waals surface area contributed by atoms with E-state index in [0.717, 1.165) is 29.7 Å². The molecule has 1 aliphatic rings. The van der Waals surface area contributed by atoms with Crippen molar-refractivity contribution in [3.05, 3.63) is 51.7 Å². The highest BCUT2D eigenvalue weighted by atomic mass is 32.2. The fourth-order valence-electron chi connectivity index (χ4n) is 3.17. The van der Waals surface area contributed by atoms with Crippen LogP contribution in [0.25, 0.3) is 0 Å². The number of carbonyl (C=O) groups is 1. The van der Waals surface area contributed by atoms with Crippen molar-refractivity contribution in [2.24, 2.45) is 0 Å². The first kappa shape index (κ1) is 19.1. The van der Waals surface area contributed by atoms with Crippen LogP contribution in [0.15, 0.2) is 40.6 Å². The molecule has 0 N–H and O–H groups in total. The van der Waals surface area contributed by atoms with Crippen molar-refractivity contribution in [3.8, 4) is 0 Å². The molecule has 7 heteroatoms. The molecule has 1 fully saturated rings. The molecule has 1 aromatic carbocycles. The molecule has 1 aliphatic heterocycles. The van der Waals surface area contributed by atoms with Gasteiger partial charge in [-0.1, -0.05) is 18.6 Å². The van der Waals surface area contributed by atoms with Gasteiger partial charge in [-0.25, -0.2) is 8.42 Å². The summed E-state index contributed by atoms with van der Waals surface area (Å²) in [6, 6.07) is 8.56. The van der Waals surface area contributed by atoms with E-state index in [-0.39, 0.29) is 16.4 Å². The summed E-state index contributed by atoms with van der Waals surface area (Å²) in [6.07, 6.45) is 2.79. The summed E-state index contributed by atoms with van der Waals surface area (Å²) in [5.74, 6) is -0.269. The molecule has 26 heavy (non-hydrogen) atoms. The number of benzene rings is 1. The van der Waals surface area contributed by atoms with E-state index in [1.807, 2.05) is 18.4 Å². The van der Waals surface area contributed by atoms with E-state index in [1.165, 1.54) is 4.31 Å². The molecular formula is C19H24N2O3S2. The Hall–Kier alpha value is -1.70. The van der Waals surface area contributed by atoms with Crippen LogP contribution in [0.3, 0.4) is 0 Å². The van der Waals surface area contributed by atoms with Crippen molar-refractivity contribution in [1.82, 2.24) is 9.21 Å². The molecule has 0 bridgehead atoms. The van der Waals surface area contributed by atoms with E-state index in [2.05, 4.69) is 0 Å². The lowest BCUT2D eigenvalue weighted by molar-refractivity contribution is 0.0782. The number of aryl methyl sites for hydroxylation is 1. The van der Waals surface area contributed by atoms with E-state index < -0.39 is 10.0 Å². The molecule has 5 nitrogen and oxygen atoms in total. The number of hydrogen-bond donors (Lipinski definition) is 0. The summed E-state index contributed by atoms with van der Waals surface area (Å²) in [5.41, 5.74) is 1.39. The van der Waals surface area contributed by atoms with Crippen LogP contribution in [0.5, 0.6) is 0 Å². The normalized spacial score (nSPS) is 15.8. The van der Waals surface area contributed by atoms with Crippen molar-refractivity contribution in [1.29, 1.82) is 0 Å². The van der Waals surface area contributed by atoms with E-state index in [4.69, 9.17) is 0 Å². The molecule has 3 rings (SSSR count). The topological polar surface area (TPSA) is 57.7 Å². The van der Waals surface area contributed by atoms with Crippen LogP contribution in [0.2, 0.25) is 0 Å². The zero-order valence-corrected chi connectivity index (χ0v) is 16.8. The van der Waals surface area contributed by atoms with Gasteiger partial charge in [0.05, 0.1) is 17.0 Å². The van der Waals surface area contributed by atoms with Crippen LogP contribution < -0.4 is 0 Å². The van der Waals surface area contributed by atoms with Gasteiger partial charge < -0.3 is 4.90 Å². The van der Waals surface area contributed by atoms with Crippen LogP contribution in [-0.4, -0.2) is 43.7 Å². The average molecular weight is 393 g/mol. The zero-order valence-electron chi connectivity index (χ0n) is 15.1. The van der Waals surface area contributed by atoms with Crippen LogP contribution in [0.4, 0.5) is 0 Å². The van der Waals surface area contributed by atoms with Gasteiger partial charge in [0, 0.05) is 25.0 Å². The summed E-state index contributed by atoms with van der Waals surface area (Å²) in [5, 5.41) is 2.00. The number of carbonyl (C=O) groups excluding carboxylic acids is 1. The number of nitrogens with zero attached hydrogens (tertiary/aromatic N) is 2. The molecule has 0 spiro atoms. The average Bonchev–Trinajstić information content (AvgIpc) is 3.06. The Labute approximate surface area is 159 Å². The second-order valence-corrected chi connectivity index (χ2v) is 9.56. The van der Waals surface area contributed by atoms with Crippen LogP contribution in [-0.2, 0) is 16.6 Å². The standard InChI is InChI=1S/C19H24N2O3S2/c1-15-10-13-25-17(15)14-20(2)19(22)16-8-4-5-9-18(16)26(23,24)21-11-6-3-7-12-21/h4-5,8-10,13H,3,6-7,11-12,14H2,1-2H3. The third-order valence-electron chi connectivity index (χ3n) is 4.75. The van der Waals surface area contributed by atoms with E-state index >= 15 is 0 Å². The number of rotatable bonds is 5. The third kappa shape index (κ3) is 3.84. The minimum absolute atomic E-state index is 0.113. The SMILES string of the molecule is Cc1ccsc1CN(C)C(=O)c1ccccc1S(=O)(=O)N1CCCCC1. The summed E-state index contributed by atoms with van der Waals surface area (Å²) >= 11 is 1.60. The van der Waals surface area contributed by atoms with Gasteiger partial charge in [-0.15, -0.1) is 11.3 Å². The Bertz CT molecular complexity index is 884. The third-order valence-corrected chi connectivity index (χ3v) is 7.71. The molecular weight excluding hydrogens is 368 g/mol. The van der Waals surface area contributed by atoms with Gasteiger partial charge in [0.25, 0.3) is 5.91 Å². The van der Waals surface area contributed by atoms with Gasteiger partial charge in [-0.05, 0) is 48.9 Å². The Morgan fingerprint density at radius 3 is 2.50 bits per heavy atom. The Kier molecular flexibility index (Phi) is 5.79. The number of hydrogen-bond acceptors (Lipinski definition) is 4. The van der Waals surface area contributed by atoms with E-state index in [1.54, 1.807) is 47.5 Å². The van der Waals surface area contributed by atoms with Gasteiger partial charge in [0.1, 0.15) is 0 Å². The van der Waals surface area contributed by atoms with Crippen molar-refractivity contribution >= 4 is 27.3 Å². The maximum Gasteiger partial charge on any atom is 0.255 e. The van der Waals surface area contributed by atoms with Gasteiger partial charge in [0.15, 0.2) is 0 Å². The van der Waals surface area contributed by atoms with Gasteiger partial charge in [-0.2, -0.15) is 4.31 Å². The lowest BCUT2D eigenvalue weighted by Gasteiger charge is -2.27. The lowest BCUT2D eigenvalue weighted by atomic mass is 10.2. The first-order chi connectivity index (χ1) is 12.4.